The number of halogens is 4. The number of alkyl halides is 4. The molecule has 6 heteroatoms. The smallest absolute Gasteiger partial charge is 0.219 e. The van der Waals surface area contributed by atoms with E-state index < -0.39 is 11.8 Å². The Morgan fingerprint density at radius 1 is 1.27 bits per heavy atom. The molecule has 1 aliphatic heterocycles. The SMILES string of the molecule is FC(F)(F)C1(c2ccccc2)NN1CBr. The Kier molecular flexibility index (Phi) is 2.52. The zero-order valence-electron chi connectivity index (χ0n) is 7.55. The van der Waals surface area contributed by atoms with Gasteiger partial charge in [-0.25, -0.2) is 5.43 Å². The van der Waals surface area contributed by atoms with E-state index in [-0.39, 0.29) is 11.0 Å². The van der Waals surface area contributed by atoms with Crippen molar-refractivity contribution >= 4 is 15.9 Å². The van der Waals surface area contributed by atoms with Gasteiger partial charge in [0.05, 0.1) is 5.45 Å². The Bertz CT molecular complexity index is 354. The van der Waals surface area contributed by atoms with E-state index in [1.165, 1.54) is 12.1 Å². The number of hydrogen-bond acceptors (Lipinski definition) is 2. The summed E-state index contributed by atoms with van der Waals surface area (Å²) in [4.78, 5) is 0. The van der Waals surface area contributed by atoms with Crippen molar-refractivity contribution in [2.75, 3.05) is 5.45 Å². The first kappa shape index (κ1) is 10.9. The van der Waals surface area contributed by atoms with E-state index in [0.29, 0.717) is 0 Å². The van der Waals surface area contributed by atoms with Gasteiger partial charge in [0.25, 0.3) is 0 Å². The van der Waals surface area contributed by atoms with Crippen molar-refractivity contribution in [1.29, 1.82) is 0 Å². The molecule has 1 fully saturated rings. The average molecular weight is 281 g/mol. The molecular weight excluding hydrogens is 273 g/mol. The highest BCUT2D eigenvalue weighted by Crippen LogP contribution is 2.49. The standard InChI is InChI=1S/C9H8BrF3N2/c10-6-15-8(14-15,9(11,12)13)7-4-2-1-3-5-7/h1-5,14H,6H2. The molecule has 2 unspecified atom stereocenters. The number of benzene rings is 1. The molecule has 0 aromatic heterocycles. The monoisotopic (exact) mass is 280 g/mol. The molecule has 0 radical (unpaired) electrons. The Labute approximate surface area is 93.2 Å². The maximum Gasteiger partial charge on any atom is 0.427 e. The number of rotatable bonds is 2. The minimum atomic E-state index is -4.33. The van der Waals surface area contributed by atoms with Crippen molar-refractivity contribution in [3.8, 4) is 0 Å². The summed E-state index contributed by atoms with van der Waals surface area (Å²) in [6.07, 6.45) is -4.33. The van der Waals surface area contributed by atoms with E-state index in [1.54, 1.807) is 18.2 Å². The third-order valence-corrected chi connectivity index (χ3v) is 2.87. The summed E-state index contributed by atoms with van der Waals surface area (Å²) in [5, 5.41) is 1.10. The summed E-state index contributed by atoms with van der Waals surface area (Å²) in [5.41, 5.74) is 0.665. The van der Waals surface area contributed by atoms with Crippen molar-refractivity contribution in [3.05, 3.63) is 35.9 Å². The van der Waals surface area contributed by atoms with Gasteiger partial charge in [0.1, 0.15) is 0 Å². The molecule has 1 aromatic carbocycles. The van der Waals surface area contributed by atoms with E-state index in [2.05, 4.69) is 21.4 Å². The van der Waals surface area contributed by atoms with Gasteiger partial charge in [0, 0.05) is 0 Å². The maximum atomic E-state index is 12.9. The molecule has 0 bridgehead atoms. The van der Waals surface area contributed by atoms with Crippen LogP contribution in [0.5, 0.6) is 0 Å². The van der Waals surface area contributed by atoms with Gasteiger partial charge >= 0.3 is 6.18 Å². The van der Waals surface area contributed by atoms with Crippen molar-refractivity contribution < 1.29 is 13.2 Å². The lowest BCUT2D eigenvalue weighted by Crippen LogP contribution is -2.35. The van der Waals surface area contributed by atoms with Crippen LogP contribution in [0, 0.1) is 0 Å². The van der Waals surface area contributed by atoms with Crippen LogP contribution in [-0.2, 0) is 5.66 Å². The molecule has 1 aromatic rings. The van der Waals surface area contributed by atoms with Crippen molar-refractivity contribution in [3.63, 3.8) is 0 Å². The minimum absolute atomic E-state index is 0.126. The summed E-state index contributed by atoms with van der Waals surface area (Å²) in [6.45, 7) is 0. The molecule has 2 atom stereocenters. The zero-order valence-corrected chi connectivity index (χ0v) is 9.14. The average Bonchev–Trinajstić information content (AvgIpc) is 2.94. The van der Waals surface area contributed by atoms with Gasteiger partial charge in [-0.2, -0.15) is 18.2 Å². The quantitative estimate of drug-likeness (QED) is 0.512. The van der Waals surface area contributed by atoms with E-state index in [1.807, 2.05) is 0 Å². The van der Waals surface area contributed by atoms with E-state index in [4.69, 9.17) is 0 Å². The Morgan fingerprint density at radius 2 is 1.87 bits per heavy atom. The lowest BCUT2D eigenvalue weighted by Gasteiger charge is -2.18. The number of hydrogen-bond donors (Lipinski definition) is 1. The molecule has 0 spiro atoms. The minimum Gasteiger partial charge on any atom is -0.219 e. The van der Waals surface area contributed by atoms with Gasteiger partial charge in [0.15, 0.2) is 0 Å². The largest absolute Gasteiger partial charge is 0.427 e. The van der Waals surface area contributed by atoms with Crippen LogP contribution in [0.4, 0.5) is 13.2 Å². The summed E-state index contributed by atoms with van der Waals surface area (Å²) >= 11 is 3.01. The van der Waals surface area contributed by atoms with Crippen LogP contribution in [-0.4, -0.2) is 16.6 Å². The summed E-state index contributed by atoms with van der Waals surface area (Å²) < 4.78 is 38.7. The zero-order chi connectivity index (χ0) is 11.1. The number of nitrogens with one attached hydrogen (secondary N) is 1. The van der Waals surface area contributed by atoms with Gasteiger partial charge in [-0.1, -0.05) is 46.3 Å². The predicted octanol–water partition coefficient (Wildman–Crippen LogP) is 2.57. The van der Waals surface area contributed by atoms with Gasteiger partial charge < -0.3 is 0 Å². The van der Waals surface area contributed by atoms with E-state index in [9.17, 15) is 13.2 Å². The lowest BCUT2D eigenvalue weighted by atomic mass is 10.0. The molecule has 0 aliphatic carbocycles. The Hall–Kier alpha value is -0.590. The summed E-state index contributed by atoms with van der Waals surface area (Å²) in [7, 11) is 0. The van der Waals surface area contributed by atoms with Gasteiger partial charge in [-0.3, -0.25) is 0 Å². The molecule has 2 rings (SSSR count). The number of hydrazine groups is 1. The van der Waals surface area contributed by atoms with E-state index >= 15 is 0 Å². The maximum absolute atomic E-state index is 12.9. The van der Waals surface area contributed by atoms with Crippen LogP contribution in [0.1, 0.15) is 5.56 Å². The fourth-order valence-corrected chi connectivity index (χ4v) is 2.07. The van der Waals surface area contributed by atoms with Gasteiger partial charge in [-0.15, -0.1) is 0 Å². The van der Waals surface area contributed by atoms with Crippen LogP contribution in [0.2, 0.25) is 0 Å². The molecule has 15 heavy (non-hydrogen) atoms. The van der Waals surface area contributed by atoms with Crippen molar-refractivity contribution in [2.24, 2.45) is 0 Å². The van der Waals surface area contributed by atoms with Gasteiger partial charge in [-0.05, 0) is 5.56 Å². The third-order valence-electron chi connectivity index (χ3n) is 2.37. The second kappa shape index (κ2) is 3.47. The first-order chi connectivity index (χ1) is 7.02. The molecule has 1 N–H and O–H groups in total. The first-order valence-corrected chi connectivity index (χ1v) is 5.38. The normalized spacial score (nSPS) is 30.3. The molecule has 1 saturated heterocycles. The topological polar surface area (TPSA) is 25.0 Å². The molecule has 82 valence electrons. The highest BCUT2D eigenvalue weighted by molar-refractivity contribution is 9.09. The van der Waals surface area contributed by atoms with Crippen LogP contribution >= 0.6 is 15.9 Å². The van der Waals surface area contributed by atoms with Gasteiger partial charge in [0.2, 0.25) is 5.66 Å². The van der Waals surface area contributed by atoms with Crippen LogP contribution in [0.15, 0.2) is 30.3 Å². The fourth-order valence-electron chi connectivity index (χ4n) is 1.57. The summed E-state index contributed by atoms with van der Waals surface area (Å²) in [6, 6.07) is 7.80. The van der Waals surface area contributed by atoms with Crippen LogP contribution in [0.25, 0.3) is 0 Å². The Morgan fingerprint density at radius 3 is 2.27 bits per heavy atom. The highest BCUT2D eigenvalue weighted by Gasteiger charge is 2.70. The molecular formula is C9H8BrF3N2. The predicted molar refractivity (Wildman–Crippen MR) is 52.9 cm³/mol. The second-order valence-electron chi connectivity index (χ2n) is 3.23. The van der Waals surface area contributed by atoms with Crippen molar-refractivity contribution in [1.82, 2.24) is 10.4 Å². The van der Waals surface area contributed by atoms with Crippen LogP contribution in [0.3, 0.4) is 0 Å². The first-order valence-electron chi connectivity index (χ1n) is 4.26. The molecule has 1 heterocycles. The van der Waals surface area contributed by atoms with E-state index in [0.717, 1.165) is 5.01 Å². The third kappa shape index (κ3) is 1.56. The fraction of sp³-hybridized carbons (Fsp3) is 0.333. The van der Waals surface area contributed by atoms with Crippen LogP contribution < -0.4 is 5.43 Å². The lowest BCUT2D eigenvalue weighted by molar-refractivity contribution is -0.174. The molecule has 0 saturated carbocycles. The second-order valence-corrected chi connectivity index (χ2v) is 3.74. The number of nitrogens with zero attached hydrogens (tertiary/aromatic N) is 1. The molecule has 2 nitrogen and oxygen atoms in total. The Balaban J connectivity index is 2.39. The summed E-state index contributed by atoms with van der Waals surface area (Å²) in [5.74, 6) is 0. The van der Waals surface area contributed by atoms with Crippen molar-refractivity contribution in [2.45, 2.75) is 11.8 Å². The molecule has 1 aliphatic rings. The molecule has 0 amide bonds. The highest BCUT2D eigenvalue weighted by atomic mass is 79.9.